The van der Waals surface area contributed by atoms with Crippen LogP contribution in [0.2, 0.25) is 0 Å². The third kappa shape index (κ3) is 2.22. The average Bonchev–Trinajstić information content (AvgIpc) is 2.39. The van der Waals surface area contributed by atoms with Crippen LogP contribution in [-0.2, 0) is 0 Å². The van der Waals surface area contributed by atoms with Gasteiger partial charge in [-0.15, -0.1) is 0 Å². The second kappa shape index (κ2) is 4.79. The molecule has 0 radical (unpaired) electrons. The Bertz CT molecular complexity index is 382. The van der Waals surface area contributed by atoms with Gasteiger partial charge in [0.1, 0.15) is 0 Å². The highest BCUT2D eigenvalue weighted by Crippen LogP contribution is 2.23. The van der Waals surface area contributed by atoms with Gasteiger partial charge in [0.2, 0.25) is 0 Å². The molecule has 0 N–H and O–H groups in total. The van der Waals surface area contributed by atoms with E-state index in [9.17, 15) is 0 Å². The molecular formula is C14H16N2. The van der Waals surface area contributed by atoms with E-state index in [4.69, 9.17) is 0 Å². The predicted molar refractivity (Wildman–Crippen MR) is 67.5 cm³/mol. The van der Waals surface area contributed by atoms with Gasteiger partial charge in [-0.2, -0.15) is 0 Å². The topological polar surface area (TPSA) is 16.1 Å². The molecule has 0 saturated heterocycles. The van der Waals surface area contributed by atoms with E-state index in [-0.39, 0.29) is 0 Å². The van der Waals surface area contributed by atoms with Crippen molar-refractivity contribution in [3.63, 3.8) is 0 Å². The van der Waals surface area contributed by atoms with Gasteiger partial charge in [-0.05, 0) is 24.6 Å². The zero-order chi connectivity index (χ0) is 11.4. The summed E-state index contributed by atoms with van der Waals surface area (Å²) in [4.78, 5) is 6.36. The first-order chi connectivity index (χ1) is 7.79. The highest BCUT2D eigenvalue weighted by molar-refractivity contribution is 5.45. The molecule has 0 bridgehead atoms. The van der Waals surface area contributed by atoms with E-state index in [1.54, 1.807) is 6.20 Å². The Kier molecular flexibility index (Phi) is 3.20. The van der Waals surface area contributed by atoms with Crippen molar-refractivity contribution >= 4 is 5.69 Å². The highest BCUT2D eigenvalue weighted by atomic mass is 15.1. The maximum atomic E-state index is 4.14. The van der Waals surface area contributed by atoms with Crippen molar-refractivity contribution < 1.29 is 0 Å². The maximum absolute atomic E-state index is 4.14. The maximum Gasteiger partial charge on any atom is 0.0555 e. The van der Waals surface area contributed by atoms with Gasteiger partial charge in [-0.1, -0.05) is 30.3 Å². The Labute approximate surface area is 96.6 Å². The summed E-state index contributed by atoms with van der Waals surface area (Å²) < 4.78 is 0. The van der Waals surface area contributed by atoms with Gasteiger partial charge in [0, 0.05) is 13.2 Å². The van der Waals surface area contributed by atoms with Crippen molar-refractivity contribution in [1.82, 2.24) is 4.98 Å². The summed E-state index contributed by atoms with van der Waals surface area (Å²) in [6, 6.07) is 14.9. The molecule has 1 aromatic carbocycles. The molecule has 1 heterocycles. The summed E-state index contributed by atoms with van der Waals surface area (Å²) in [5.74, 6) is 0. The van der Waals surface area contributed by atoms with Gasteiger partial charge in [0.25, 0.3) is 0 Å². The van der Waals surface area contributed by atoms with Gasteiger partial charge in [-0.25, -0.2) is 0 Å². The molecule has 0 aliphatic rings. The van der Waals surface area contributed by atoms with E-state index < -0.39 is 0 Å². The van der Waals surface area contributed by atoms with Crippen LogP contribution < -0.4 is 4.90 Å². The summed E-state index contributed by atoms with van der Waals surface area (Å²) in [6.45, 7) is 2.20. The second-order valence-corrected chi connectivity index (χ2v) is 3.91. The minimum Gasteiger partial charge on any atom is -0.367 e. The fraction of sp³-hybridized carbons (Fsp3) is 0.214. The average molecular weight is 212 g/mol. The minimum atomic E-state index is 0.352. The molecular weight excluding hydrogens is 196 g/mol. The van der Waals surface area contributed by atoms with Crippen LogP contribution in [0.4, 0.5) is 5.69 Å². The molecule has 82 valence electrons. The first-order valence-electron chi connectivity index (χ1n) is 5.47. The standard InChI is InChI=1S/C14H16N2/c1-12(13-7-4-3-5-8-13)16(2)14-9-6-10-15-11-14/h3-12H,1-2H3. The predicted octanol–water partition coefficient (Wildman–Crippen LogP) is 3.28. The molecule has 2 heteroatoms. The van der Waals surface area contributed by atoms with Gasteiger partial charge >= 0.3 is 0 Å². The number of anilines is 1. The van der Waals surface area contributed by atoms with Crippen molar-refractivity contribution in [3.8, 4) is 0 Å². The fourth-order valence-corrected chi connectivity index (χ4v) is 1.74. The zero-order valence-corrected chi connectivity index (χ0v) is 9.67. The van der Waals surface area contributed by atoms with Crippen molar-refractivity contribution in [3.05, 3.63) is 60.4 Å². The highest BCUT2D eigenvalue weighted by Gasteiger charge is 2.11. The summed E-state index contributed by atoms with van der Waals surface area (Å²) in [7, 11) is 2.09. The number of benzene rings is 1. The number of nitrogens with zero attached hydrogens (tertiary/aromatic N) is 2. The fourth-order valence-electron chi connectivity index (χ4n) is 1.74. The van der Waals surface area contributed by atoms with E-state index >= 15 is 0 Å². The van der Waals surface area contributed by atoms with E-state index in [2.05, 4.69) is 54.2 Å². The van der Waals surface area contributed by atoms with Crippen LogP contribution in [0.15, 0.2) is 54.9 Å². The molecule has 0 fully saturated rings. The Morgan fingerprint density at radius 3 is 2.44 bits per heavy atom. The van der Waals surface area contributed by atoms with Crippen molar-refractivity contribution in [1.29, 1.82) is 0 Å². The SMILES string of the molecule is CC(c1ccccc1)N(C)c1cccnc1. The van der Waals surface area contributed by atoms with Crippen LogP contribution in [0.25, 0.3) is 0 Å². The molecule has 0 aliphatic carbocycles. The Morgan fingerprint density at radius 1 is 1.06 bits per heavy atom. The van der Waals surface area contributed by atoms with Gasteiger partial charge < -0.3 is 4.90 Å². The summed E-state index contributed by atoms with van der Waals surface area (Å²) in [6.07, 6.45) is 3.68. The molecule has 2 aromatic rings. The van der Waals surface area contributed by atoms with E-state index in [1.807, 2.05) is 18.3 Å². The molecule has 0 saturated carbocycles. The number of hydrogen-bond donors (Lipinski definition) is 0. The Morgan fingerprint density at radius 2 is 1.81 bits per heavy atom. The van der Waals surface area contributed by atoms with Crippen molar-refractivity contribution in [2.75, 3.05) is 11.9 Å². The zero-order valence-electron chi connectivity index (χ0n) is 9.67. The minimum absolute atomic E-state index is 0.352. The molecule has 1 unspecified atom stereocenters. The van der Waals surface area contributed by atoms with Crippen LogP contribution in [0.3, 0.4) is 0 Å². The normalized spacial score (nSPS) is 12.1. The van der Waals surface area contributed by atoms with Crippen LogP contribution in [0, 0.1) is 0 Å². The van der Waals surface area contributed by atoms with E-state index in [1.165, 1.54) is 5.56 Å². The van der Waals surface area contributed by atoms with Crippen molar-refractivity contribution in [2.45, 2.75) is 13.0 Å². The van der Waals surface area contributed by atoms with Crippen LogP contribution in [0.1, 0.15) is 18.5 Å². The van der Waals surface area contributed by atoms with Crippen LogP contribution in [-0.4, -0.2) is 12.0 Å². The van der Waals surface area contributed by atoms with E-state index in [0.717, 1.165) is 5.69 Å². The first kappa shape index (κ1) is 10.7. The Balaban J connectivity index is 2.20. The summed E-state index contributed by atoms with van der Waals surface area (Å²) in [5, 5.41) is 0. The molecule has 0 aliphatic heterocycles. The molecule has 0 spiro atoms. The molecule has 16 heavy (non-hydrogen) atoms. The number of rotatable bonds is 3. The quantitative estimate of drug-likeness (QED) is 0.776. The van der Waals surface area contributed by atoms with Gasteiger partial charge in [0.05, 0.1) is 17.9 Å². The first-order valence-corrected chi connectivity index (χ1v) is 5.47. The molecule has 2 rings (SSSR count). The summed E-state index contributed by atoms with van der Waals surface area (Å²) in [5.41, 5.74) is 2.45. The number of hydrogen-bond acceptors (Lipinski definition) is 2. The lowest BCUT2D eigenvalue weighted by atomic mass is 10.1. The second-order valence-electron chi connectivity index (χ2n) is 3.91. The number of aromatic nitrogens is 1. The molecule has 1 aromatic heterocycles. The number of pyridine rings is 1. The third-order valence-electron chi connectivity index (χ3n) is 2.92. The van der Waals surface area contributed by atoms with Crippen molar-refractivity contribution in [2.24, 2.45) is 0 Å². The van der Waals surface area contributed by atoms with Gasteiger partial charge in [-0.3, -0.25) is 4.98 Å². The lowest BCUT2D eigenvalue weighted by Gasteiger charge is -2.27. The Hall–Kier alpha value is -1.83. The molecule has 2 nitrogen and oxygen atoms in total. The smallest absolute Gasteiger partial charge is 0.0555 e. The third-order valence-corrected chi connectivity index (χ3v) is 2.92. The lowest BCUT2D eigenvalue weighted by molar-refractivity contribution is 0.738. The summed E-state index contributed by atoms with van der Waals surface area (Å²) >= 11 is 0. The largest absolute Gasteiger partial charge is 0.367 e. The lowest BCUT2D eigenvalue weighted by Crippen LogP contribution is -2.21. The molecule has 1 atom stereocenters. The monoisotopic (exact) mass is 212 g/mol. The van der Waals surface area contributed by atoms with Gasteiger partial charge in [0.15, 0.2) is 0 Å². The molecule has 0 amide bonds. The van der Waals surface area contributed by atoms with Crippen LogP contribution in [0.5, 0.6) is 0 Å². The van der Waals surface area contributed by atoms with E-state index in [0.29, 0.717) is 6.04 Å². The van der Waals surface area contributed by atoms with Crippen LogP contribution >= 0.6 is 0 Å².